The molecular formula is C23H32N4O5. The van der Waals surface area contributed by atoms with Crippen LogP contribution in [0.4, 0.5) is 4.79 Å². The fourth-order valence-corrected chi connectivity index (χ4v) is 5.18. The number of benzene rings is 1. The Kier molecular flexibility index (Phi) is 6.66. The highest BCUT2D eigenvalue weighted by Gasteiger charge is 2.46. The predicted octanol–water partition coefficient (Wildman–Crippen LogP) is 2.12. The molecule has 2 N–H and O–H groups in total. The van der Waals surface area contributed by atoms with E-state index in [4.69, 9.17) is 4.74 Å². The molecule has 9 heteroatoms. The number of fused-ring (bicyclic) bond motifs is 1. The second kappa shape index (κ2) is 9.46. The van der Waals surface area contributed by atoms with Gasteiger partial charge in [0.2, 0.25) is 0 Å². The van der Waals surface area contributed by atoms with E-state index in [1.807, 2.05) is 19.1 Å². The summed E-state index contributed by atoms with van der Waals surface area (Å²) >= 11 is 0. The van der Waals surface area contributed by atoms with Gasteiger partial charge in [-0.05, 0) is 31.4 Å². The molecule has 0 bridgehead atoms. The highest BCUT2D eigenvalue weighted by molar-refractivity contribution is 5.90. The minimum Gasteiger partial charge on any atom is -0.481 e. The Morgan fingerprint density at radius 1 is 1.16 bits per heavy atom. The third kappa shape index (κ3) is 4.06. The number of carboxylic acid groups (broad SMARTS) is 1. The lowest BCUT2D eigenvalue weighted by molar-refractivity contribution is -0.153. The average Bonchev–Trinajstić information content (AvgIpc) is 3.09. The van der Waals surface area contributed by atoms with E-state index in [1.165, 1.54) is 0 Å². The van der Waals surface area contributed by atoms with E-state index < -0.39 is 29.1 Å². The van der Waals surface area contributed by atoms with Crippen LogP contribution in [0.15, 0.2) is 29.1 Å². The number of carbonyl (C=O) groups excluding carboxylic acids is 1. The zero-order valence-corrected chi connectivity index (χ0v) is 18.6. The lowest BCUT2D eigenvalue weighted by Crippen LogP contribution is -2.55. The van der Waals surface area contributed by atoms with Gasteiger partial charge in [0.15, 0.2) is 0 Å². The average molecular weight is 445 g/mol. The highest BCUT2D eigenvalue weighted by atomic mass is 16.5. The topological polar surface area (TPSA) is 106 Å². The van der Waals surface area contributed by atoms with Crippen LogP contribution in [-0.2, 0) is 16.1 Å². The number of imidazole rings is 1. The molecule has 1 aliphatic heterocycles. The van der Waals surface area contributed by atoms with E-state index in [0.717, 1.165) is 30.5 Å². The number of hydrogen-bond donors (Lipinski definition) is 2. The van der Waals surface area contributed by atoms with Crippen molar-refractivity contribution in [3.05, 3.63) is 34.7 Å². The van der Waals surface area contributed by atoms with Crippen molar-refractivity contribution in [3.8, 4) is 0 Å². The number of para-hydroxylation sites is 2. The second-order valence-electron chi connectivity index (χ2n) is 8.78. The minimum atomic E-state index is -0.994. The van der Waals surface area contributed by atoms with E-state index in [-0.39, 0.29) is 0 Å². The largest absolute Gasteiger partial charge is 0.481 e. The second-order valence-corrected chi connectivity index (χ2v) is 8.78. The van der Waals surface area contributed by atoms with Gasteiger partial charge in [-0.15, -0.1) is 0 Å². The summed E-state index contributed by atoms with van der Waals surface area (Å²) in [6.07, 6.45) is 3.24. The molecule has 174 valence electrons. The number of carbonyl (C=O) groups is 2. The number of nitrogens with one attached hydrogen (secondary N) is 1. The summed E-state index contributed by atoms with van der Waals surface area (Å²) in [6.45, 7) is 6.03. The van der Waals surface area contributed by atoms with Crippen LogP contribution in [0, 0.1) is 5.41 Å². The molecule has 1 aliphatic carbocycles. The van der Waals surface area contributed by atoms with Gasteiger partial charge >= 0.3 is 17.7 Å². The number of carboxylic acids is 1. The number of nitrogens with zero attached hydrogens (tertiary/aromatic N) is 3. The van der Waals surface area contributed by atoms with Gasteiger partial charge in [-0.3, -0.25) is 14.3 Å². The van der Waals surface area contributed by atoms with Crippen molar-refractivity contribution in [3.63, 3.8) is 0 Å². The Bertz CT molecular complexity index is 1040. The van der Waals surface area contributed by atoms with E-state index in [9.17, 15) is 19.5 Å². The Labute approximate surface area is 186 Å². The summed E-state index contributed by atoms with van der Waals surface area (Å²) in [5, 5.41) is 12.8. The molecule has 0 unspecified atom stereocenters. The van der Waals surface area contributed by atoms with Gasteiger partial charge in [0.05, 0.1) is 29.7 Å². The number of aliphatic carboxylic acids is 1. The Balaban J connectivity index is 1.62. The van der Waals surface area contributed by atoms with Crippen LogP contribution in [0.1, 0.15) is 39.0 Å². The molecule has 2 aromatic rings. The van der Waals surface area contributed by atoms with Crippen molar-refractivity contribution in [1.82, 2.24) is 19.4 Å². The first kappa shape index (κ1) is 22.5. The van der Waals surface area contributed by atoms with Gasteiger partial charge in [0, 0.05) is 32.2 Å². The molecule has 1 aromatic heterocycles. The maximum Gasteiger partial charge on any atom is 0.337 e. The standard InChI is InChI=1S/C23H32N4O5/c1-2-23(20(28)29)10-6-5-9-19(23)24-21(30)27-18-8-4-3-7-17(18)26(22(27)31)12-11-25-13-15-32-16-14-25/h3-4,7-8,19H,2,5-6,9-16H2,1H3,(H,24,30)(H,28,29)/t19-,23+/m0/s1. The van der Waals surface area contributed by atoms with E-state index in [1.54, 1.807) is 16.7 Å². The lowest BCUT2D eigenvalue weighted by Gasteiger charge is -2.40. The number of rotatable bonds is 6. The Hall–Kier alpha value is -2.65. The molecule has 0 radical (unpaired) electrons. The molecule has 2 fully saturated rings. The van der Waals surface area contributed by atoms with E-state index in [0.29, 0.717) is 56.6 Å². The predicted molar refractivity (Wildman–Crippen MR) is 120 cm³/mol. The van der Waals surface area contributed by atoms with Crippen molar-refractivity contribution in [2.24, 2.45) is 5.41 Å². The zero-order valence-electron chi connectivity index (χ0n) is 18.6. The number of aromatic nitrogens is 2. The fraction of sp³-hybridized carbons (Fsp3) is 0.609. The number of ether oxygens (including phenoxy) is 1. The maximum atomic E-state index is 13.3. The van der Waals surface area contributed by atoms with Crippen molar-refractivity contribution in [2.75, 3.05) is 32.8 Å². The van der Waals surface area contributed by atoms with Crippen LogP contribution >= 0.6 is 0 Å². The molecule has 1 aromatic carbocycles. The van der Waals surface area contributed by atoms with Crippen LogP contribution in [-0.4, -0.2) is 70.0 Å². The minimum absolute atomic E-state index is 0.398. The summed E-state index contributed by atoms with van der Waals surface area (Å²) in [5.74, 6) is -0.884. The SMILES string of the molecule is CC[C@@]1(C(=O)O)CCCC[C@@H]1NC(=O)n1c(=O)n(CCN2CCOCC2)c2ccccc21. The normalized spacial score (nSPS) is 24.5. The quantitative estimate of drug-likeness (QED) is 0.707. The molecular weight excluding hydrogens is 412 g/mol. The van der Waals surface area contributed by atoms with Gasteiger partial charge in [-0.25, -0.2) is 14.2 Å². The van der Waals surface area contributed by atoms with Gasteiger partial charge in [0.25, 0.3) is 0 Å². The van der Waals surface area contributed by atoms with Crippen molar-refractivity contribution >= 4 is 23.0 Å². The van der Waals surface area contributed by atoms with E-state index in [2.05, 4.69) is 10.2 Å². The van der Waals surface area contributed by atoms with Gasteiger partial charge in [-0.1, -0.05) is 31.9 Å². The number of morpholine rings is 1. The van der Waals surface area contributed by atoms with Gasteiger partial charge in [-0.2, -0.15) is 0 Å². The molecule has 0 spiro atoms. The lowest BCUT2D eigenvalue weighted by atomic mass is 9.68. The summed E-state index contributed by atoms with van der Waals surface area (Å²) in [4.78, 5) is 41.0. The molecule has 2 aliphatic rings. The molecule has 1 amide bonds. The summed E-state index contributed by atoms with van der Waals surface area (Å²) < 4.78 is 8.18. The van der Waals surface area contributed by atoms with Crippen LogP contribution < -0.4 is 11.0 Å². The molecule has 9 nitrogen and oxygen atoms in total. The first-order chi connectivity index (χ1) is 15.5. The third-order valence-corrected chi connectivity index (χ3v) is 7.17. The van der Waals surface area contributed by atoms with Crippen molar-refractivity contribution < 1.29 is 19.4 Å². The third-order valence-electron chi connectivity index (χ3n) is 7.17. The fourth-order valence-electron chi connectivity index (χ4n) is 5.18. The molecule has 1 saturated heterocycles. The van der Waals surface area contributed by atoms with Crippen LogP contribution in [0.5, 0.6) is 0 Å². The van der Waals surface area contributed by atoms with Crippen LogP contribution in [0.2, 0.25) is 0 Å². The zero-order chi connectivity index (χ0) is 22.7. The maximum absolute atomic E-state index is 13.3. The first-order valence-corrected chi connectivity index (χ1v) is 11.5. The molecule has 4 rings (SSSR count). The molecule has 2 atom stereocenters. The highest BCUT2D eigenvalue weighted by Crippen LogP contribution is 2.39. The summed E-state index contributed by atoms with van der Waals surface area (Å²) in [5.41, 5.74) is -0.161. The van der Waals surface area contributed by atoms with Crippen LogP contribution in [0.25, 0.3) is 11.0 Å². The summed E-state index contributed by atoms with van der Waals surface area (Å²) in [7, 11) is 0. The first-order valence-electron chi connectivity index (χ1n) is 11.5. The Morgan fingerprint density at radius 2 is 1.88 bits per heavy atom. The monoisotopic (exact) mass is 444 g/mol. The Morgan fingerprint density at radius 3 is 2.56 bits per heavy atom. The summed E-state index contributed by atoms with van der Waals surface area (Å²) in [6, 6.07) is 6.19. The molecule has 2 heterocycles. The molecule has 1 saturated carbocycles. The van der Waals surface area contributed by atoms with Gasteiger partial charge < -0.3 is 15.2 Å². The number of amides is 1. The molecule has 32 heavy (non-hydrogen) atoms. The van der Waals surface area contributed by atoms with Gasteiger partial charge in [0.1, 0.15) is 0 Å². The van der Waals surface area contributed by atoms with E-state index >= 15 is 0 Å². The van der Waals surface area contributed by atoms with Crippen molar-refractivity contribution in [2.45, 2.75) is 51.6 Å². The van der Waals surface area contributed by atoms with Crippen LogP contribution in [0.3, 0.4) is 0 Å². The van der Waals surface area contributed by atoms with Crippen molar-refractivity contribution in [1.29, 1.82) is 0 Å². The smallest absolute Gasteiger partial charge is 0.337 e. The number of hydrogen-bond acceptors (Lipinski definition) is 5.